The summed E-state index contributed by atoms with van der Waals surface area (Å²) in [5, 5.41) is 53.1. The predicted molar refractivity (Wildman–Crippen MR) is 165 cm³/mol. The summed E-state index contributed by atoms with van der Waals surface area (Å²) in [6.45, 7) is 4.06. The molecule has 3 aliphatic carbocycles. The second-order valence-corrected chi connectivity index (χ2v) is 12.0. The zero-order valence-corrected chi connectivity index (χ0v) is 24.3. The zero-order valence-electron chi connectivity index (χ0n) is 24.3. The first-order valence-electron chi connectivity index (χ1n) is 14.3. The van der Waals surface area contributed by atoms with Crippen LogP contribution in [0.1, 0.15) is 28.8 Å². The molecule has 8 N–H and O–H groups in total. The number of hydrogen-bond acceptors (Lipinski definition) is 10. The maximum Gasteiger partial charge on any atom is 0.230 e. The summed E-state index contributed by atoms with van der Waals surface area (Å²) >= 11 is 0. The third kappa shape index (κ3) is 4.30. The summed E-state index contributed by atoms with van der Waals surface area (Å²) in [5.74, 6) is -7.21. The molecule has 0 heterocycles. The Morgan fingerprint density at radius 3 is 2.43 bits per heavy atom. The fourth-order valence-electron chi connectivity index (χ4n) is 7.16. The third-order valence-electron chi connectivity index (χ3n) is 9.21. The Balaban J connectivity index is 1.40. The summed E-state index contributed by atoms with van der Waals surface area (Å²) in [6.07, 6.45) is -1.27. The highest BCUT2D eigenvalue weighted by atomic mass is 16.3. The Labute approximate surface area is 253 Å². The second kappa shape index (κ2) is 10.4. The molecule has 3 aliphatic rings. The average molecular weight is 599 g/mol. The van der Waals surface area contributed by atoms with E-state index in [4.69, 9.17) is 5.73 Å². The van der Waals surface area contributed by atoms with Crippen molar-refractivity contribution in [3.05, 3.63) is 83.4 Å². The van der Waals surface area contributed by atoms with Crippen molar-refractivity contribution in [2.75, 3.05) is 29.6 Å². The number of hydrogen-bond donors (Lipinski definition) is 7. The quantitative estimate of drug-likeness (QED) is 0.164. The van der Waals surface area contributed by atoms with Gasteiger partial charge in [-0.1, -0.05) is 43.0 Å². The van der Waals surface area contributed by atoms with E-state index in [1.165, 1.54) is 0 Å². The van der Waals surface area contributed by atoms with E-state index in [0.717, 1.165) is 16.5 Å². The molecule has 0 aliphatic heterocycles. The zero-order chi connectivity index (χ0) is 31.7. The summed E-state index contributed by atoms with van der Waals surface area (Å²) in [5.41, 5.74) is 4.63. The standard InChI is InChI=1S/C33H34N4O7/c1-15(35-21-10-6-8-16-7-4-5-9-19(16)21)36-22-14-23(37(2)3)20-12-17-11-18-13-24(38)27(32(34)43)31(42)33(18,44)30(41)25(17)29(40)26(20)28(22)39/h4-10,14,17-18,24,27,35-36,38-39,41,44H,1,11-13H2,2-3H3,(H2,34,43)/t17-,18+,24?,27?,33+/m1/s1. The first-order chi connectivity index (χ1) is 20.8. The van der Waals surface area contributed by atoms with Gasteiger partial charge in [-0.05, 0) is 48.3 Å². The van der Waals surface area contributed by atoms with Crippen molar-refractivity contribution in [3.63, 3.8) is 0 Å². The van der Waals surface area contributed by atoms with Gasteiger partial charge in [-0.15, -0.1) is 0 Å². The Morgan fingerprint density at radius 2 is 1.73 bits per heavy atom. The van der Waals surface area contributed by atoms with Gasteiger partial charge in [0, 0.05) is 42.3 Å². The Hall–Kier alpha value is -4.87. The number of phenolic OH excluding ortho intramolecular Hbond substituents is 1. The van der Waals surface area contributed by atoms with Crippen molar-refractivity contribution < 1.29 is 34.8 Å². The van der Waals surface area contributed by atoms with E-state index in [-0.39, 0.29) is 41.8 Å². The minimum absolute atomic E-state index is 0.0775. The van der Waals surface area contributed by atoms with Crippen molar-refractivity contribution in [2.45, 2.75) is 31.0 Å². The summed E-state index contributed by atoms with van der Waals surface area (Å²) in [4.78, 5) is 41.2. The first kappa shape index (κ1) is 29.2. The van der Waals surface area contributed by atoms with Gasteiger partial charge >= 0.3 is 0 Å². The molecule has 0 bridgehead atoms. The molecule has 3 aromatic rings. The molecule has 0 saturated heterocycles. The number of benzene rings is 3. The molecule has 228 valence electrons. The molecule has 5 atom stereocenters. The van der Waals surface area contributed by atoms with Crippen LogP contribution in [0, 0.1) is 17.8 Å². The summed E-state index contributed by atoms with van der Waals surface area (Å²) < 4.78 is 0. The van der Waals surface area contributed by atoms with Crippen molar-refractivity contribution in [1.29, 1.82) is 0 Å². The third-order valence-corrected chi connectivity index (χ3v) is 9.21. The molecule has 1 amide bonds. The molecule has 11 heteroatoms. The van der Waals surface area contributed by atoms with Gasteiger partial charge in [-0.25, -0.2) is 0 Å². The summed E-state index contributed by atoms with van der Waals surface area (Å²) in [7, 11) is 3.60. The number of nitrogens with two attached hydrogens (primary N) is 1. The molecule has 6 rings (SSSR count). The minimum atomic E-state index is -2.57. The van der Waals surface area contributed by atoms with E-state index >= 15 is 0 Å². The van der Waals surface area contributed by atoms with E-state index < -0.39 is 52.7 Å². The highest BCUT2D eigenvalue weighted by Gasteiger charge is 2.62. The lowest BCUT2D eigenvalue weighted by Gasteiger charge is -2.48. The SMILES string of the molecule is C=C(Nc1cc(N(C)C)c2c(c1O)C(=O)C1=C(O)[C@]3(O)C(=O)C(C(N)=O)C(O)C[C@@H]3C[C@@H]1C2)Nc1cccc2ccccc12. The van der Waals surface area contributed by atoms with Gasteiger partial charge in [0.2, 0.25) is 5.91 Å². The lowest BCUT2D eigenvalue weighted by Crippen LogP contribution is -2.63. The number of primary amides is 1. The number of aliphatic hydroxyl groups is 3. The van der Waals surface area contributed by atoms with Crippen LogP contribution in [0.15, 0.2) is 72.3 Å². The van der Waals surface area contributed by atoms with Gasteiger partial charge < -0.3 is 41.7 Å². The van der Waals surface area contributed by atoms with Gasteiger partial charge in [-0.2, -0.15) is 0 Å². The topological polar surface area (TPSA) is 185 Å². The van der Waals surface area contributed by atoms with Crippen LogP contribution in [0.5, 0.6) is 5.75 Å². The molecule has 0 radical (unpaired) electrons. The van der Waals surface area contributed by atoms with E-state index in [9.17, 15) is 34.8 Å². The molecule has 1 saturated carbocycles. The van der Waals surface area contributed by atoms with Crippen LogP contribution >= 0.6 is 0 Å². The Morgan fingerprint density at radius 1 is 1.05 bits per heavy atom. The van der Waals surface area contributed by atoms with Gasteiger partial charge in [0.25, 0.3) is 0 Å². The van der Waals surface area contributed by atoms with Crippen LogP contribution in [0.4, 0.5) is 17.1 Å². The van der Waals surface area contributed by atoms with Crippen LogP contribution in [0.25, 0.3) is 10.8 Å². The maximum atomic E-state index is 14.1. The number of amides is 1. The number of fused-ring (bicyclic) bond motifs is 4. The molecule has 0 spiro atoms. The van der Waals surface area contributed by atoms with Crippen LogP contribution in [0.3, 0.4) is 0 Å². The number of allylic oxidation sites excluding steroid dienone is 1. The fraction of sp³-hybridized carbons (Fsp3) is 0.303. The Kier molecular flexibility index (Phi) is 6.90. The predicted octanol–water partition coefficient (Wildman–Crippen LogP) is 2.96. The van der Waals surface area contributed by atoms with Gasteiger partial charge in [-0.3, -0.25) is 14.4 Å². The highest BCUT2D eigenvalue weighted by Crippen LogP contribution is 2.53. The molecule has 44 heavy (non-hydrogen) atoms. The first-order valence-corrected chi connectivity index (χ1v) is 14.3. The van der Waals surface area contributed by atoms with E-state index in [1.807, 2.05) is 42.5 Å². The number of aromatic hydroxyl groups is 1. The lowest BCUT2D eigenvalue weighted by molar-refractivity contribution is -0.167. The number of phenols is 1. The molecule has 2 unspecified atom stereocenters. The van der Waals surface area contributed by atoms with Gasteiger partial charge in [0.1, 0.15) is 17.5 Å². The number of carbonyl (C=O) groups is 3. The fourth-order valence-corrected chi connectivity index (χ4v) is 7.16. The minimum Gasteiger partial charge on any atom is -0.508 e. The van der Waals surface area contributed by atoms with Crippen LogP contribution in [-0.4, -0.2) is 63.7 Å². The van der Waals surface area contributed by atoms with Crippen molar-refractivity contribution in [3.8, 4) is 5.75 Å². The lowest BCUT2D eigenvalue weighted by atomic mass is 9.58. The molecule has 11 nitrogen and oxygen atoms in total. The number of carbonyl (C=O) groups excluding carboxylic acids is 3. The molecule has 3 aromatic carbocycles. The van der Waals surface area contributed by atoms with E-state index in [0.29, 0.717) is 17.1 Å². The maximum absolute atomic E-state index is 14.1. The largest absolute Gasteiger partial charge is 0.508 e. The van der Waals surface area contributed by atoms with Crippen molar-refractivity contribution in [1.82, 2.24) is 0 Å². The van der Waals surface area contributed by atoms with E-state index in [2.05, 4.69) is 17.2 Å². The smallest absolute Gasteiger partial charge is 0.230 e. The van der Waals surface area contributed by atoms with Gasteiger partial charge in [0.05, 0.1) is 17.4 Å². The van der Waals surface area contributed by atoms with Gasteiger partial charge in [0.15, 0.2) is 22.9 Å². The molecular formula is C33H34N4O7. The van der Waals surface area contributed by atoms with Crippen LogP contribution in [-0.2, 0) is 16.0 Å². The van der Waals surface area contributed by atoms with Crippen molar-refractivity contribution >= 4 is 45.3 Å². The normalized spacial score (nSPS) is 26.0. The molecular weight excluding hydrogens is 564 g/mol. The number of Topliss-reactive ketones (excluding diaryl/α,β-unsaturated/α-hetero) is 2. The average Bonchev–Trinajstić information content (AvgIpc) is 2.96. The summed E-state index contributed by atoms with van der Waals surface area (Å²) in [6, 6.07) is 15.3. The number of nitrogens with one attached hydrogen (secondary N) is 2. The van der Waals surface area contributed by atoms with E-state index in [1.54, 1.807) is 25.1 Å². The number of aliphatic hydroxyl groups excluding tert-OH is 2. The molecule has 0 aromatic heterocycles. The number of ketones is 2. The number of rotatable bonds is 6. The number of nitrogens with zero attached hydrogens (tertiary/aromatic N) is 1. The Bertz CT molecular complexity index is 1790. The second-order valence-electron chi connectivity index (χ2n) is 12.0. The van der Waals surface area contributed by atoms with Crippen LogP contribution in [0.2, 0.25) is 0 Å². The monoisotopic (exact) mass is 598 g/mol. The van der Waals surface area contributed by atoms with Crippen molar-refractivity contribution in [2.24, 2.45) is 23.5 Å². The van der Waals surface area contributed by atoms with Crippen LogP contribution < -0.4 is 21.3 Å². The molecule has 1 fully saturated rings. The number of anilines is 3. The highest BCUT2D eigenvalue weighted by molar-refractivity contribution is 6.17.